The van der Waals surface area contributed by atoms with E-state index in [0.29, 0.717) is 29.7 Å². The highest BCUT2D eigenvalue weighted by molar-refractivity contribution is 6.32. The molecule has 4 rings (SSSR count). The Balaban J connectivity index is 1.83. The topological polar surface area (TPSA) is 81.0 Å². The van der Waals surface area contributed by atoms with E-state index < -0.39 is 11.4 Å². The van der Waals surface area contributed by atoms with Gasteiger partial charge in [0.2, 0.25) is 0 Å². The number of aromatic nitrogens is 1. The molecule has 154 valence electrons. The molecule has 1 saturated heterocycles. The van der Waals surface area contributed by atoms with Crippen molar-refractivity contribution in [1.82, 2.24) is 4.68 Å². The van der Waals surface area contributed by atoms with Crippen molar-refractivity contribution >= 4 is 17.6 Å². The molecule has 0 radical (unpaired) electrons. The first-order valence-corrected chi connectivity index (χ1v) is 10.0. The first-order chi connectivity index (χ1) is 13.9. The maximum atomic E-state index is 12.4. The lowest BCUT2D eigenvalue weighted by atomic mass is 9.94. The van der Waals surface area contributed by atoms with E-state index in [0.717, 1.165) is 30.4 Å². The van der Waals surface area contributed by atoms with Crippen LogP contribution in [0, 0.1) is 0 Å². The third kappa shape index (κ3) is 3.38. The second-order valence-electron chi connectivity index (χ2n) is 7.47. The van der Waals surface area contributed by atoms with Gasteiger partial charge in [0.1, 0.15) is 11.3 Å². The zero-order valence-electron chi connectivity index (χ0n) is 16.4. The van der Waals surface area contributed by atoms with Gasteiger partial charge in [0.15, 0.2) is 5.43 Å². The third-order valence-electron chi connectivity index (χ3n) is 5.63. The number of benzene rings is 1. The lowest BCUT2D eigenvalue weighted by molar-refractivity contribution is 0.0694. The first kappa shape index (κ1) is 19.8. The molecule has 1 N–H and O–H groups in total. The molecule has 3 heterocycles. The molecule has 2 aliphatic rings. The number of ether oxygens (including phenoxy) is 2. The number of hydrogen-bond acceptors (Lipinski definition) is 5. The van der Waals surface area contributed by atoms with Gasteiger partial charge in [0.25, 0.3) is 0 Å². The Kier molecular flexibility index (Phi) is 5.27. The Bertz CT molecular complexity index is 1020. The van der Waals surface area contributed by atoms with E-state index in [1.54, 1.807) is 7.11 Å². The summed E-state index contributed by atoms with van der Waals surface area (Å²) >= 11 is 6.48. The highest BCUT2D eigenvalue weighted by Crippen LogP contribution is 2.46. The Hall–Kier alpha value is -2.51. The number of halogens is 1. The number of nitrogens with zero attached hydrogens (tertiary/aromatic N) is 2. The van der Waals surface area contributed by atoms with Gasteiger partial charge in [-0.3, -0.25) is 9.47 Å². The molecule has 0 bridgehead atoms. The van der Waals surface area contributed by atoms with Crippen LogP contribution in [0.25, 0.3) is 11.3 Å². The molecule has 0 amide bonds. The number of aromatic carboxylic acids is 1. The van der Waals surface area contributed by atoms with Gasteiger partial charge in [-0.25, -0.2) is 4.79 Å². The molecule has 8 heteroatoms. The summed E-state index contributed by atoms with van der Waals surface area (Å²) in [5, 5.41) is 12.0. The molecule has 7 nitrogen and oxygen atoms in total. The molecule has 29 heavy (non-hydrogen) atoms. The minimum Gasteiger partial charge on any atom is -0.492 e. The fourth-order valence-corrected chi connectivity index (χ4v) is 4.49. The summed E-state index contributed by atoms with van der Waals surface area (Å²) in [6, 6.07) is 5.43. The van der Waals surface area contributed by atoms with Crippen molar-refractivity contribution < 1.29 is 19.4 Å². The van der Waals surface area contributed by atoms with Crippen LogP contribution >= 0.6 is 11.6 Å². The molecule has 2 aliphatic heterocycles. The maximum Gasteiger partial charge on any atom is 0.341 e. The Morgan fingerprint density at radius 1 is 1.28 bits per heavy atom. The molecule has 1 aromatic heterocycles. The zero-order valence-corrected chi connectivity index (χ0v) is 17.1. The number of carbonyl (C=O) groups is 1. The maximum absolute atomic E-state index is 12.4. The summed E-state index contributed by atoms with van der Waals surface area (Å²) in [6.45, 7) is 3.21. The molecular formula is C21H23ClN2O5. The minimum absolute atomic E-state index is 0.0650. The van der Waals surface area contributed by atoms with Crippen molar-refractivity contribution in [2.24, 2.45) is 0 Å². The van der Waals surface area contributed by atoms with Crippen molar-refractivity contribution in [1.29, 1.82) is 0 Å². The molecule has 0 spiro atoms. The van der Waals surface area contributed by atoms with E-state index >= 15 is 0 Å². The lowest BCUT2D eigenvalue weighted by Crippen LogP contribution is -2.43. The SMILES string of the molecule is COCCCOc1cc2c(cc1Cl)-c1cc(=O)c(C(=O)O)cn1N1[C@@H]2CC[C@@H]1C. The van der Waals surface area contributed by atoms with Crippen LogP contribution in [0.5, 0.6) is 5.75 Å². The van der Waals surface area contributed by atoms with Crippen molar-refractivity contribution in [3.63, 3.8) is 0 Å². The summed E-state index contributed by atoms with van der Waals surface area (Å²) in [5.41, 5.74) is 1.77. The molecule has 1 aromatic carbocycles. The number of fused-ring (bicyclic) bond motifs is 6. The number of rotatable bonds is 6. The van der Waals surface area contributed by atoms with Crippen LogP contribution in [0.3, 0.4) is 0 Å². The summed E-state index contributed by atoms with van der Waals surface area (Å²) in [4.78, 5) is 23.9. The molecule has 0 unspecified atom stereocenters. The summed E-state index contributed by atoms with van der Waals surface area (Å²) in [5.74, 6) is -0.615. The predicted molar refractivity (Wildman–Crippen MR) is 110 cm³/mol. The van der Waals surface area contributed by atoms with Gasteiger partial charge >= 0.3 is 5.97 Å². The van der Waals surface area contributed by atoms with Gasteiger partial charge in [0.05, 0.1) is 23.4 Å². The van der Waals surface area contributed by atoms with Crippen LogP contribution in [-0.4, -0.2) is 42.1 Å². The second kappa shape index (κ2) is 7.72. The number of hydrogen-bond donors (Lipinski definition) is 1. The highest BCUT2D eigenvalue weighted by Gasteiger charge is 2.39. The van der Waals surface area contributed by atoms with Gasteiger partial charge in [-0.1, -0.05) is 11.6 Å². The smallest absolute Gasteiger partial charge is 0.341 e. The number of pyridine rings is 1. The van der Waals surface area contributed by atoms with Crippen molar-refractivity contribution in [3.05, 3.63) is 50.8 Å². The van der Waals surface area contributed by atoms with Gasteiger partial charge in [-0.05, 0) is 37.5 Å². The molecule has 0 aliphatic carbocycles. The van der Waals surface area contributed by atoms with E-state index in [4.69, 9.17) is 21.1 Å². The molecule has 2 aromatic rings. The summed E-state index contributed by atoms with van der Waals surface area (Å²) in [6.07, 6.45) is 4.07. The van der Waals surface area contributed by atoms with E-state index in [1.807, 2.05) is 16.8 Å². The lowest BCUT2D eigenvalue weighted by Gasteiger charge is -2.40. The Labute approximate surface area is 173 Å². The van der Waals surface area contributed by atoms with Crippen LogP contribution in [0.2, 0.25) is 5.02 Å². The molecule has 0 saturated carbocycles. The average Bonchev–Trinajstić information content (AvgIpc) is 3.07. The fraction of sp³-hybridized carbons (Fsp3) is 0.429. The Morgan fingerprint density at radius 3 is 2.79 bits per heavy atom. The van der Waals surface area contributed by atoms with E-state index in [2.05, 4.69) is 11.9 Å². The van der Waals surface area contributed by atoms with Crippen LogP contribution in [0.15, 0.2) is 29.2 Å². The van der Waals surface area contributed by atoms with Crippen LogP contribution < -0.4 is 15.2 Å². The normalized spacial score (nSPS) is 19.5. The quantitative estimate of drug-likeness (QED) is 0.723. The largest absolute Gasteiger partial charge is 0.492 e. The van der Waals surface area contributed by atoms with Gasteiger partial charge < -0.3 is 19.6 Å². The van der Waals surface area contributed by atoms with E-state index in [-0.39, 0.29) is 17.6 Å². The standard InChI is InChI=1S/C21H23ClN2O5/c1-12-4-5-17-14-9-20(29-7-3-6-28-2)16(22)8-13(14)18-10-19(25)15(21(26)27)11-23(18)24(12)17/h8-12,17H,3-7H2,1-2H3,(H,26,27)/t12-,17+/m0/s1. The monoisotopic (exact) mass is 418 g/mol. The number of carboxylic acid groups (broad SMARTS) is 1. The number of carboxylic acids is 1. The first-order valence-electron chi connectivity index (χ1n) is 9.66. The summed E-state index contributed by atoms with van der Waals surface area (Å²) < 4.78 is 12.7. The minimum atomic E-state index is -1.22. The summed E-state index contributed by atoms with van der Waals surface area (Å²) in [7, 11) is 1.65. The van der Waals surface area contributed by atoms with E-state index in [1.165, 1.54) is 12.3 Å². The Morgan fingerprint density at radius 2 is 2.07 bits per heavy atom. The fourth-order valence-electron chi connectivity index (χ4n) is 4.27. The van der Waals surface area contributed by atoms with Crippen molar-refractivity contribution in [2.45, 2.75) is 38.3 Å². The molecular weight excluding hydrogens is 396 g/mol. The highest BCUT2D eigenvalue weighted by atomic mass is 35.5. The van der Waals surface area contributed by atoms with Gasteiger partial charge in [-0.15, -0.1) is 0 Å². The van der Waals surface area contributed by atoms with E-state index in [9.17, 15) is 14.7 Å². The predicted octanol–water partition coefficient (Wildman–Crippen LogP) is 3.46. The van der Waals surface area contributed by atoms with Crippen molar-refractivity contribution in [2.75, 3.05) is 25.3 Å². The zero-order chi connectivity index (χ0) is 20.7. The van der Waals surface area contributed by atoms with Crippen LogP contribution in [0.4, 0.5) is 0 Å². The van der Waals surface area contributed by atoms with Gasteiger partial charge in [-0.2, -0.15) is 0 Å². The molecule has 2 atom stereocenters. The second-order valence-corrected chi connectivity index (χ2v) is 7.88. The third-order valence-corrected chi connectivity index (χ3v) is 5.92. The van der Waals surface area contributed by atoms with Crippen LogP contribution in [-0.2, 0) is 4.74 Å². The molecule has 1 fully saturated rings. The van der Waals surface area contributed by atoms with Crippen LogP contribution in [0.1, 0.15) is 48.1 Å². The van der Waals surface area contributed by atoms with Gasteiger partial charge in [0, 0.05) is 44.0 Å². The average molecular weight is 419 g/mol. The van der Waals surface area contributed by atoms with Crippen molar-refractivity contribution in [3.8, 4) is 17.0 Å². The number of methoxy groups -OCH3 is 1.